The molecular formula is C12H15Cl3O. The molecule has 0 bridgehead atoms. The lowest BCUT2D eigenvalue weighted by atomic mass is 9.85. The van der Waals surface area contributed by atoms with Crippen LogP contribution in [0.5, 0.6) is 0 Å². The van der Waals surface area contributed by atoms with E-state index in [1.165, 1.54) is 0 Å². The van der Waals surface area contributed by atoms with Crippen LogP contribution < -0.4 is 0 Å². The first-order valence-corrected chi connectivity index (χ1v) is 6.59. The Kier molecular flexibility index (Phi) is 5.91. The third-order valence-corrected chi connectivity index (χ3v) is 3.79. The van der Waals surface area contributed by atoms with E-state index in [2.05, 4.69) is 0 Å². The molecule has 0 saturated heterocycles. The van der Waals surface area contributed by atoms with Crippen molar-refractivity contribution >= 4 is 34.8 Å². The molecule has 0 aromatic heterocycles. The maximum Gasteiger partial charge on any atom is 0.0585 e. The number of hydrogen-bond acceptors (Lipinski definition) is 1. The lowest BCUT2D eigenvalue weighted by molar-refractivity contribution is 0.108. The molecule has 0 unspecified atom stereocenters. The number of alkyl halides is 2. The molecule has 0 heterocycles. The largest absolute Gasteiger partial charge is 0.381 e. The minimum Gasteiger partial charge on any atom is -0.381 e. The van der Waals surface area contributed by atoms with Gasteiger partial charge in [-0.25, -0.2) is 0 Å². The van der Waals surface area contributed by atoms with Crippen LogP contribution in [0.1, 0.15) is 12.5 Å². The Bertz CT molecular complexity index is 324. The van der Waals surface area contributed by atoms with Crippen molar-refractivity contribution < 1.29 is 4.74 Å². The fourth-order valence-electron chi connectivity index (χ4n) is 1.47. The molecule has 0 N–H and O–H groups in total. The van der Waals surface area contributed by atoms with E-state index in [0.29, 0.717) is 30.0 Å². The monoisotopic (exact) mass is 280 g/mol. The number of benzene rings is 1. The zero-order chi connectivity index (χ0) is 12.0. The van der Waals surface area contributed by atoms with Gasteiger partial charge in [0.05, 0.1) is 6.61 Å². The first-order chi connectivity index (χ1) is 7.68. The first kappa shape index (κ1) is 14.1. The van der Waals surface area contributed by atoms with Gasteiger partial charge in [0.15, 0.2) is 0 Å². The smallest absolute Gasteiger partial charge is 0.0585 e. The molecule has 1 aromatic carbocycles. The van der Waals surface area contributed by atoms with Gasteiger partial charge in [-0.3, -0.25) is 0 Å². The highest BCUT2D eigenvalue weighted by molar-refractivity contribution is 6.30. The molecule has 0 aliphatic rings. The summed E-state index contributed by atoms with van der Waals surface area (Å²) in [5.41, 5.74) is 0.669. The Morgan fingerprint density at radius 3 is 2.44 bits per heavy atom. The normalized spacial score (nSPS) is 11.8. The van der Waals surface area contributed by atoms with Crippen LogP contribution in [-0.2, 0) is 10.2 Å². The average Bonchev–Trinajstić information content (AvgIpc) is 2.31. The van der Waals surface area contributed by atoms with Crippen LogP contribution in [0.25, 0.3) is 0 Å². The third-order valence-electron chi connectivity index (χ3n) is 2.53. The lowest BCUT2D eigenvalue weighted by Crippen LogP contribution is -2.36. The van der Waals surface area contributed by atoms with Crippen LogP contribution in [0, 0.1) is 0 Å². The Morgan fingerprint density at radius 2 is 1.94 bits per heavy atom. The summed E-state index contributed by atoms with van der Waals surface area (Å²) < 4.78 is 5.46. The second kappa shape index (κ2) is 6.70. The first-order valence-electron chi connectivity index (χ1n) is 5.14. The number of rotatable bonds is 6. The van der Waals surface area contributed by atoms with E-state index in [1.54, 1.807) is 0 Å². The average molecular weight is 282 g/mol. The van der Waals surface area contributed by atoms with E-state index in [4.69, 9.17) is 39.5 Å². The van der Waals surface area contributed by atoms with Crippen molar-refractivity contribution in [3.63, 3.8) is 0 Å². The zero-order valence-corrected chi connectivity index (χ0v) is 11.4. The number of halogens is 3. The summed E-state index contributed by atoms with van der Waals surface area (Å²) >= 11 is 18.1. The van der Waals surface area contributed by atoms with E-state index in [-0.39, 0.29) is 5.41 Å². The number of ether oxygens (including phenoxy) is 1. The van der Waals surface area contributed by atoms with Crippen molar-refractivity contribution in [1.29, 1.82) is 0 Å². The van der Waals surface area contributed by atoms with Gasteiger partial charge in [-0.2, -0.15) is 0 Å². The summed E-state index contributed by atoms with van der Waals surface area (Å²) in [5, 5.41) is 0.689. The Labute approximate surface area is 112 Å². The quantitative estimate of drug-likeness (QED) is 0.714. The van der Waals surface area contributed by atoms with Gasteiger partial charge in [0, 0.05) is 28.8 Å². The molecule has 1 aromatic rings. The van der Waals surface area contributed by atoms with Crippen LogP contribution in [0.2, 0.25) is 5.02 Å². The second-order valence-corrected chi connectivity index (χ2v) is 4.67. The molecule has 0 fully saturated rings. The van der Waals surface area contributed by atoms with Crippen LogP contribution in [0.4, 0.5) is 0 Å². The van der Waals surface area contributed by atoms with Crippen molar-refractivity contribution in [3.8, 4) is 0 Å². The van der Waals surface area contributed by atoms with Gasteiger partial charge < -0.3 is 4.74 Å². The van der Waals surface area contributed by atoms with E-state index >= 15 is 0 Å². The number of hydrogen-bond donors (Lipinski definition) is 0. The van der Waals surface area contributed by atoms with Gasteiger partial charge in [-0.05, 0) is 24.6 Å². The van der Waals surface area contributed by atoms with Gasteiger partial charge in [0.25, 0.3) is 0 Å². The van der Waals surface area contributed by atoms with Crippen LogP contribution >= 0.6 is 34.8 Å². The third kappa shape index (κ3) is 3.27. The maximum absolute atomic E-state index is 6.04. The Balaban J connectivity index is 2.99. The lowest BCUT2D eigenvalue weighted by Gasteiger charge is -2.29. The SMILES string of the molecule is CCOCC(CCl)(CCl)c1cccc(Cl)c1. The molecule has 0 radical (unpaired) electrons. The minimum absolute atomic E-state index is 0.357. The molecule has 4 heteroatoms. The molecule has 90 valence electrons. The zero-order valence-electron chi connectivity index (χ0n) is 9.18. The van der Waals surface area contributed by atoms with Crippen molar-refractivity contribution in [2.45, 2.75) is 12.3 Å². The molecule has 0 amide bonds. The van der Waals surface area contributed by atoms with Gasteiger partial charge in [0.1, 0.15) is 0 Å². The second-order valence-electron chi connectivity index (χ2n) is 3.70. The standard InChI is InChI=1S/C12H15Cl3O/c1-2-16-9-12(7-13,8-14)10-4-3-5-11(15)6-10/h3-6H,2,7-9H2,1H3. The molecule has 0 aliphatic carbocycles. The molecule has 1 nitrogen and oxygen atoms in total. The molecule has 1 rings (SSSR count). The highest BCUT2D eigenvalue weighted by Crippen LogP contribution is 2.29. The fraction of sp³-hybridized carbons (Fsp3) is 0.500. The molecule has 0 spiro atoms. The van der Waals surface area contributed by atoms with Crippen molar-refractivity contribution in [1.82, 2.24) is 0 Å². The van der Waals surface area contributed by atoms with Crippen molar-refractivity contribution in [3.05, 3.63) is 34.9 Å². The highest BCUT2D eigenvalue weighted by atomic mass is 35.5. The summed E-state index contributed by atoms with van der Waals surface area (Å²) in [6.45, 7) is 3.11. The summed E-state index contributed by atoms with van der Waals surface area (Å²) in [4.78, 5) is 0. The predicted molar refractivity (Wildman–Crippen MR) is 71.1 cm³/mol. The topological polar surface area (TPSA) is 9.23 Å². The summed E-state index contributed by atoms with van der Waals surface area (Å²) in [7, 11) is 0. The van der Waals surface area contributed by atoms with Gasteiger partial charge in [-0.15, -0.1) is 23.2 Å². The van der Waals surface area contributed by atoms with Gasteiger partial charge in [-0.1, -0.05) is 23.7 Å². The van der Waals surface area contributed by atoms with Crippen LogP contribution in [-0.4, -0.2) is 25.0 Å². The Morgan fingerprint density at radius 1 is 1.25 bits per heavy atom. The van der Waals surface area contributed by atoms with E-state index in [9.17, 15) is 0 Å². The van der Waals surface area contributed by atoms with Gasteiger partial charge in [0.2, 0.25) is 0 Å². The maximum atomic E-state index is 6.04. The highest BCUT2D eigenvalue weighted by Gasteiger charge is 2.31. The summed E-state index contributed by atoms with van der Waals surface area (Å²) in [6, 6.07) is 7.61. The van der Waals surface area contributed by atoms with E-state index in [1.807, 2.05) is 31.2 Å². The summed E-state index contributed by atoms with van der Waals surface area (Å²) in [5.74, 6) is 0.827. The predicted octanol–water partition coefficient (Wildman–Crippen LogP) is 4.09. The van der Waals surface area contributed by atoms with Crippen molar-refractivity contribution in [2.75, 3.05) is 25.0 Å². The fourth-order valence-corrected chi connectivity index (χ4v) is 2.41. The molecule has 0 aliphatic heterocycles. The van der Waals surface area contributed by atoms with E-state index in [0.717, 1.165) is 5.56 Å². The molecule has 16 heavy (non-hydrogen) atoms. The van der Waals surface area contributed by atoms with Crippen molar-refractivity contribution in [2.24, 2.45) is 0 Å². The molecular weight excluding hydrogens is 266 g/mol. The van der Waals surface area contributed by atoms with Gasteiger partial charge >= 0.3 is 0 Å². The Hall–Kier alpha value is 0.0500. The van der Waals surface area contributed by atoms with Crippen LogP contribution in [0.15, 0.2) is 24.3 Å². The molecule has 0 atom stereocenters. The molecule has 0 saturated carbocycles. The summed E-state index contributed by atoms with van der Waals surface area (Å²) in [6.07, 6.45) is 0. The van der Waals surface area contributed by atoms with E-state index < -0.39 is 0 Å². The van der Waals surface area contributed by atoms with Crippen LogP contribution in [0.3, 0.4) is 0 Å². The minimum atomic E-state index is -0.357.